The molecule has 1 N–H and O–H groups in total. The average Bonchev–Trinajstić information content (AvgIpc) is 2.79. The van der Waals surface area contributed by atoms with Crippen molar-refractivity contribution in [1.29, 1.82) is 0 Å². The summed E-state index contributed by atoms with van der Waals surface area (Å²) in [7, 11) is 0. The van der Waals surface area contributed by atoms with Crippen LogP contribution >= 0.6 is 11.6 Å². The predicted molar refractivity (Wildman–Crippen MR) is 82.5 cm³/mol. The van der Waals surface area contributed by atoms with Crippen molar-refractivity contribution in [3.63, 3.8) is 0 Å². The van der Waals surface area contributed by atoms with E-state index in [2.05, 4.69) is 15.3 Å². The van der Waals surface area contributed by atoms with E-state index < -0.39 is 28.8 Å². The van der Waals surface area contributed by atoms with Crippen molar-refractivity contribution >= 4 is 17.5 Å². The summed E-state index contributed by atoms with van der Waals surface area (Å²) in [6.45, 7) is 9.76. The number of aromatic nitrogens is 2. The third-order valence-corrected chi connectivity index (χ3v) is 4.17. The number of nitrogens with zero attached hydrogens (tertiary/aromatic N) is 3. The maximum atomic E-state index is 12.8. The Labute approximate surface area is 138 Å². The Morgan fingerprint density at radius 2 is 1.96 bits per heavy atom. The number of rotatable bonds is 7. The van der Waals surface area contributed by atoms with E-state index in [1.165, 1.54) is 13.8 Å². The van der Waals surface area contributed by atoms with Gasteiger partial charge in [0, 0.05) is 13.1 Å². The maximum absolute atomic E-state index is 12.8. The molecule has 0 aliphatic carbocycles. The van der Waals surface area contributed by atoms with Crippen LogP contribution in [0.1, 0.15) is 38.2 Å². The molecule has 132 valence electrons. The highest BCUT2D eigenvalue weighted by atomic mass is 35.5. The topological polar surface area (TPSA) is 50.2 Å². The van der Waals surface area contributed by atoms with Gasteiger partial charge in [0.15, 0.2) is 5.69 Å². The van der Waals surface area contributed by atoms with Gasteiger partial charge in [-0.15, -0.1) is 0 Å². The minimum atomic E-state index is -4.65. The Morgan fingerprint density at radius 1 is 1.39 bits per heavy atom. The van der Waals surface area contributed by atoms with Crippen LogP contribution in [0.3, 0.4) is 0 Å². The molecule has 1 atom stereocenters. The van der Waals surface area contributed by atoms with E-state index in [-0.39, 0.29) is 5.69 Å². The molecule has 0 radical (unpaired) electrons. The van der Waals surface area contributed by atoms with Gasteiger partial charge in [-0.3, -0.25) is 9.48 Å². The fraction of sp³-hybridized carbons (Fsp3) is 0.714. The van der Waals surface area contributed by atoms with E-state index in [1.807, 2.05) is 13.8 Å². The lowest BCUT2D eigenvalue weighted by atomic mass is 10.3. The summed E-state index contributed by atoms with van der Waals surface area (Å²) in [5, 5.41) is 5.70. The number of carbonyl (C=O) groups is 1. The number of carbonyl (C=O) groups excluding carboxylic acids is 1. The van der Waals surface area contributed by atoms with Crippen molar-refractivity contribution in [2.24, 2.45) is 0 Å². The van der Waals surface area contributed by atoms with Crippen molar-refractivity contribution in [3.8, 4) is 0 Å². The van der Waals surface area contributed by atoms with Crippen LogP contribution in [0.2, 0.25) is 5.02 Å². The molecule has 1 aromatic rings. The zero-order chi connectivity index (χ0) is 17.8. The SMILES string of the molecule is CCN(CC)CCNC(=O)[C@@H](C)n1nc(C(F)(F)F)c(Cl)c1C. The first-order valence-electron chi connectivity index (χ1n) is 7.45. The van der Waals surface area contributed by atoms with Gasteiger partial charge >= 0.3 is 6.18 Å². The smallest absolute Gasteiger partial charge is 0.353 e. The van der Waals surface area contributed by atoms with E-state index in [0.29, 0.717) is 13.1 Å². The average molecular weight is 355 g/mol. The molecule has 0 aromatic carbocycles. The molecule has 23 heavy (non-hydrogen) atoms. The molecule has 0 saturated heterocycles. The van der Waals surface area contributed by atoms with Gasteiger partial charge in [-0.25, -0.2) is 0 Å². The third-order valence-electron chi connectivity index (χ3n) is 3.71. The van der Waals surface area contributed by atoms with Gasteiger partial charge < -0.3 is 10.2 Å². The molecule has 0 aliphatic rings. The summed E-state index contributed by atoms with van der Waals surface area (Å²) in [4.78, 5) is 14.2. The fourth-order valence-corrected chi connectivity index (χ4v) is 2.42. The highest BCUT2D eigenvalue weighted by Crippen LogP contribution is 2.36. The van der Waals surface area contributed by atoms with E-state index >= 15 is 0 Å². The number of hydrogen-bond acceptors (Lipinski definition) is 3. The molecule has 0 bridgehead atoms. The first kappa shape index (κ1) is 19.8. The monoisotopic (exact) mass is 354 g/mol. The Bertz CT molecular complexity index is 541. The van der Waals surface area contributed by atoms with Crippen LogP contribution in [-0.2, 0) is 11.0 Å². The van der Waals surface area contributed by atoms with Crippen molar-refractivity contribution in [2.45, 2.75) is 39.9 Å². The highest BCUT2D eigenvalue weighted by molar-refractivity contribution is 6.32. The molecule has 0 spiro atoms. The van der Waals surface area contributed by atoms with Crippen molar-refractivity contribution in [3.05, 3.63) is 16.4 Å². The number of amides is 1. The summed E-state index contributed by atoms with van der Waals surface area (Å²) < 4.78 is 39.4. The number of halogens is 4. The van der Waals surface area contributed by atoms with Crippen LogP contribution in [0.15, 0.2) is 0 Å². The lowest BCUT2D eigenvalue weighted by Crippen LogP contribution is -2.38. The Morgan fingerprint density at radius 3 is 2.39 bits per heavy atom. The molecule has 1 heterocycles. The van der Waals surface area contributed by atoms with Gasteiger partial charge in [-0.1, -0.05) is 25.4 Å². The van der Waals surface area contributed by atoms with Gasteiger partial charge in [-0.05, 0) is 26.9 Å². The second kappa shape index (κ2) is 8.01. The Hall–Kier alpha value is -1.28. The quantitative estimate of drug-likeness (QED) is 0.819. The van der Waals surface area contributed by atoms with Gasteiger partial charge in [0.1, 0.15) is 6.04 Å². The second-order valence-corrected chi connectivity index (χ2v) is 5.56. The van der Waals surface area contributed by atoms with Crippen molar-refractivity contribution in [2.75, 3.05) is 26.2 Å². The highest BCUT2D eigenvalue weighted by Gasteiger charge is 2.39. The number of nitrogens with one attached hydrogen (secondary N) is 1. The first-order chi connectivity index (χ1) is 10.6. The molecular formula is C14H22ClF3N4O. The van der Waals surface area contributed by atoms with E-state index in [9.17, 15) is 18.0 Å². The summed E-state index contributed by atoms with van der Waals surface area (Å²) >= 11 is 5.69. The van der Waals surface area contributed by atoms with Gasteiger partial charge in [0.25, 0.3) is 0 Å². The zero-order valence-electron chi connectivity index (χ0n) is 13.7. The Balaban J connectivity index is 2.77. The third kappa shape index (κ3) is 4.84. The molecule has 1 amide bonds. The standard InChI is InChI=1S/C14H22ClF3N4O/c1-5-21(6-2)8-7-19-13(23)10(4)22-9(3)11(15)12(20-22)14(16,17)18/h10H,5-8H2,1-4H3,(H,19,23)/t10-/m1/s1. The number of likely N-dealkylation sites (N-methyl/N-ethyl adjacent to an activating group) is 1. The van der Waals surface area contributed by atoms with Crippen LogP contribution in [0, 0.1) is 6.92 Å². The largest absolute Gasteiger partial charge is 0.436 e. The van der Waals surface area contributed by atoms with E-state index in [1.54, 1.807) is 0 Å². The van der Waals surface area contributed by atoms with Gasteiger partial charge in [0.05, 0.1) is 10.7 Å². The number of alkyl halides is 3. The Kier molecular flexibility index (Phi) is 6.88. The molecule has 9 heteroatoms. The molecule has 0 aliphatic heterocycles. The second-order valence-electron chi connectivity index (χ2n) is 5.18. The molecule has 1 aromatic heterocycles. The molecule has 0 unspecified atom stereocenters. The van der Waals surface area contributed by atoms with E-state index in [4.69, 9.17) is 11.6 Å². The maximum Gasteiger partial charge on any atom is 0.436 e. The lowest BCUT2D eigenvalue weighted by molar-refractivity contribution is -0.141. The summed E-state index contributed by atoms with van der Waals surface area (Å²) in [5.41, 5.74) is -1.05. The normalized spacial score (nSPS) is 13.4. The zero-order valence-corrected chi connectivity index (χ0v) is 14.4. The molecule has 1 rings (SSSR count). The van der Waals surface area contributed by atoms with Crippen molar-refractivity contribution in [1.82, 2.24) is 20.0 Å². The number of hydrogen-bond donors (Lipinski definition) is 1. The van der Waals surface area contributed by atoms with Crippen LogP contribution in [0.25, 0.3) is 0 Å². The minimum absolute atomic E-state index is 0.116. The van der Waals surface area contributed by atoms with Gasteiger partial charge in [-0.2, -0.15) is 18.3 Å². The summed E-state index contributed by atoms with van der Waals surface area (Å²) in [6.07, 6.45) is -4.65. The first-order valence-corrected chi connectivity index (χ1v) is 7.83. The molecule has 0 fully saturated rings. The van der Waals surface area contributed by atoms with E-state index in [0.717, 1.165) is 17.8 Å². The van der Waals surface area contributed by atoms with Gasteiger partial charge in [0.2, 0.25) is 5.91 Å². The van der Waals surface area contributed by atoms with Crippen LogP contribution in [-0.4, -0.2) is 46.8 Å². The summed E-state index contributed by atoms with van der Waals surface area (Å²) in [6, 6.07) is -0.875. The van der Waals surface area contributed by atoms with Crippen molar-refractivity contribution < 1.29 is 18.0 Å². The van der Waals surface area contributed by atoms with Crippen LogP contribution in [0.5, 0.6) is 0 Å². The fourth-order valence-electron chi connectivity index (χ4n) is 2.19. The van der Waals surface area contributed by atoms with Crippen LogP contribution < -0.4 is 5.32 Å². The molecular weight excluding hydrogens is 333 g/mol. The van der Waals surface area contributed by atoms with Crippen LogP contribution in [0.4, 0.5) is 13.2 Å². The lowest BCUT2D eigenvalue weighted by Gasteiger charge is -2.19. The summed E-state index contributed by atoms with van der Waals surface area (Å²) in [5.74, 6) is -0.395. The molecule has 0 saturated carbocycles. The predicted octanol–water partition coefficient (Wildman–Crippen LogP) is 2.88. The minimum Gasteiger partial charge on any atom is -0.353 e. The molecule has 5 nitrogen and oxygen atoms in total.